The first-order valence-corrected chi connectivity index (χ1v) is 6.85. The predicted octanol–water partition coefficient (Wildman–Crippen LogP) is 3.81. The van der Waals surface area contributed by atoms with Crippen molar-refractivity contribution in [1.82, 2.24) is 5.32 Å². The largest absolute Gasteiger partial charge is 0.496 e. The molecule has 1 fully saturated rings. The van der Waals surface area contributed by atoms with Crippen molar-refractivity contribution in [2.45, 2.75) is 46.2 Å². The second kappa shape index (κ2) is 4.62. The molecule has 2 nitrogen and oxygen atoms in total. The second-order valence-electron chi connectivity index (χ2n) is 4.99. The van der Waals surface area contributed by atoms with Crippen LogP contribution < -0.4 is 10.1 Å². The van der Waals surface area contributed by atoms with Crippen molar-refractivity contribution in [3.8, 4) is 5.75 Å². The highest BCUT2D eigenvalue weighted by atomic mass is 79.9. The van der Waals surface area contributed by atoms with Gasteiger partial charge in [-0.15, -0.1) is 0 Å². The number of nitrogens with one attached hydrogen (secondary N) is 1. The SMILES string of the molecule is COc1c(C)c(C)c(Br)c(C)c1C1CC(C)N1. The van der Waals surface area contributed by atoms with Crippen molar-refractivity contribution in [1.29, 1.82) is 0 Å². The first kappa shape index (κ1) is 12.9. The van der Waals surface area contributed by atoms with Gasteiger partial charge in [0.15, 0.2) is 0 Å². The van der Waals surface area contributed by atoms with Crippen LogP contribution in [0.5, 0.6) is 5.75 Å². The first-order chi connectivity index (χ1) is 7.97. The lowest BCUT2D eigenvalue weighted by atomic mass is 9.86. The maximum Gasteiger partial charge on any atom is 0.127 e. The van der Waals surface area contributed by atoms with Crippen LogP contribution in [0.15, 0.2) is 4.47 Å². The van der Waals surface area contributed by atoms with E-state index in [1.54, 1.807) is 7.11 Å². The van der Waals surface area contributed by atoms with Crippen molar-refractivity contribution in [2.24, 2.45) is 0 Å². The molecule has 1 N–H and O–H groups in total. The topological polar surface area (TPSA) is 21.3 Å². The molecule has 1 aliphatic rings. The standard InChI is InChI=1S/C14H20BrNO/c1-7-6-11(16-7)12-10(4)13(15)8(2)9(3)14(12)17-5/h7,11,16H,6H2,1-5H3. The Balaban J connectivity index is 2.56. The third-order valence-electron chi connectivity index (χ3n) is 3.84. The first-order valence-electron chi connectivity index (χ1n) is 6.06. The smallest absolute Gasteiger partial charge is 0.127 e. The third kappa shape index (κ3) is 2.00. The average molecular weight is 298 g/mol. The summed E-state index contributed by atoms with van der Waals surface area (Å²) in [6, 6.07) is 1.06. The van der Waals surface area contributed by atoms with E-state index in [-0.39, 0.29) is 0 Å². The molecule has 0 aliphatic carbocycles. The van der Waals surface area contributed by atoms with E-state index in [0.717, 1.165) is 5.75 Å². The molecule has 0 aromatic heterocycles. The maximum absolute atomic E-state index is 5.62. The number of benzene rings is 1. The van der Waals surface area contributed by atoms with Gasteiger partial charge in [-0.05, 0) is 50.8 Å². The molecule has 2 unspecified atom stereocenters. The fraction of sp³-hybridized carbons (Fsp3) is 0.571. The molecule has 1 heterocycles. The van der Waals surface area contributed by atoms with Crippen LogP contribution in [0.1, 0.15) is 41.6 Å². The molecule has 0 amide bonds. The molecule has 1 aliphatic heterocycles. The van der Waals surface area contributed by atoms with Gasteiger partial charge in [-0.3, -0.25) is 0 Å². The van der Waals surface area contributed by atoms with Crippen LogP contribution in [-0.4, -0.2) is 13.2 Å². The van der Waals surface area contributed by atoms with Gasteiger partial charge in [0.25, 0.3) is 0 Å². The highest BCUT2D eigenvalue weighted by Gasteiger charge is 2.31. The molecular weight excluding hydrogens is 278 g/mol. The van der Waals surface area contributed by atoms with Gasteiger partial charge in [0, 0.05) is 22.1 Å². The van der Waals surface area contributed by atoms with Crippen LogP contribution in [0.3, 0.4) is 0 Å². The van der Waals surface area contributed by atoms with E-state index >= 15 is 0 Å². The van der Waals surface area contributed by atoms with E-state index in [2.05, 4.69) is 48.9 Å². The van der Waals surface area contributed by atoms with Crippen LogP contribution in [0.4, 0.5) is 0 Å². The predicted molar refractivity (Wildman–Crippen MR) is 74.9 cm³/mol. The molecule has 0 radical (unpaired) electrons. The van der Waals surface area contributed by atoms with Crippen molar-refractivity contribution in [3.63, 3.8) is 0 Å². The van der Waals surface area contributed by atoms with Crippen molar-refractivity contribution in [2.75, 3.05) is 7.11 Å². The molecule has 94 valence electrons. The lowest BCUT2D eigenvalue weighted by molar-refractivity contribution is 0.277. The Morgan fingerprint density at radius 3 is 2.24 bits per heavy atom. The molecule has 17 heavy (non-hydrogen) atoms. The Kier molecular flexibility index (Phi) is 3.50. The normalized spacial score (nSPS) is 23.4. The number of methoxy groups -OCH3 is 1. The molecule has 0 bridgehead atoms. The molecule has 0 saturated carbocycles. The van der Waals surface area contributed by atoms with Crippen molar-refractivity contribution in [3.05, 3.63) is 26.7 Å². The summed E-state index contributed by atoms with van der Waals surface area (Å²) in [7, 11) is 1.76. The molecule has 2 atom stereocenters. The molecule has 2 rings (SSSR count). The fourth-order valence-corrected chi connectivity index (χ4v) is 3.17. The summed E-state index contributed by atoms with van der Waals surface area (Å²) in [6.45, 7) is 8.65. The minimum atomic E-state index is 0.440. The van der Waals surface area contributed by atoms with E-state index in [9.17, 15) is 0 Å². The van der Waals surface area contributed by atoms with E-state index in [1.807, 2.05) is 0 Å². The highest BCUT2D eigenvalue weighted by molar-refractivity contribution is 9.10. The maximum atomic E-state index is 5.62. The van der Waals surface area contributed by atoms with Crippen molar-refractivity contribution >= 4 is 15.9 Å². The Morgan fingerprint density at radius 2 is 1.76 bits per heavy atom. The lowest BCUT2D eigenvalue weighted by Gasteiger charge is -2.37. The molecule has 0 spiro atoms. The average Bonchev–Trinajstić information content (AvgIpc) is 2.27. The number of hydrogen-bond donors (Lipinski definition) is 1. The van der Waals surface area contributed by atoms with Gasteiger partial charge in [-0.25, -0.2) is 0 Å². The van der Waals surface area contributed by atoms with Crippen LogP contribution in [0, 0.1) is 20.8 Å². The number of rotatable bonds is 2. The Morgan fingerprint density at radius 1 is 1.18 bits per heavy atom. The van der Waals surface area contributed by atoms with E-state index < -0.39 is 0 Å². The minimum absolute atomic E-state index is 0.440. The zero-order valence-corrected chi connectivity index (χ0v) is 12.7. The number of hydrogen-bond acceptors (Lipinski definition) is 2. The van der Waals surface area contributed by atoms with Gasteiger partial charge in [0.2, 0.25) is 0 Å². The summed E-state index contributed by atoms with van der Waals surface area (Å²) in [6.07, 6.45) is 1.19. The molecule has 1 aromatic carbocycles. The Labute approximate surface area is 112 Å². The van der Waals surface area contributed by atoms with Gasteiger partial charge in [0.05, 0.1) is 7.11 Å². The van der Waals surface area contributed by atoms with Gasteiger partial charge in [-0.1, -0.05) is 15.9 Å². The quantitative estimate of drug-likeness (QED) is 0.896. The summed E-state index contributed by atoms with van der Waals surface area (Å²) in [5.41, 5.74) is 5.13. The second-order valence-corrected chi connectivity index (χ2v) is 5.78. The monoisotopic (exact) mass is 297 g/mol. The summed E-state index contributed by atoms with van der Waals surface area (Å²) >= 11 is 3.70. The summed E-state index contributed by atoms with van der Waals surface area (Å²) < 4.78 is 6.84. The van der Waals surface area contributed by atoms with Gasteiger partial charge >= 0.3 is 0 Å². The van der Waals surface area contributed by atoms with Gasteiger partial charge < -0.3 is 10.1 Å². The zero-order valence-electron chi connectivity index (χ0n) is 11.1. The van der Waals surface area contributed by atoms with Crippen molar-refractivity contribution < 1.29 is 4.74 Å². The van der Waals surface area contributed by atoms with Gasteiger partial charge in [-0.2, -0.15) is 0 Å². The fourth-order valence-electron chi connectivity index (χ4n) is 2.66. The number of ether oxygens (including phenoxy) is 1. The van der Waals surface area contributed by atoms with E-state index in [1.165, 1.54) is 33.1 Å². The zero-order chi connectivity index (χ0) is 12.7. The molecular formula is C14H20BrNO. The lowest BCUT2D eigenvalue weighted by Crippen LogP contribution is -2.44. The molecule has 3 heteroatoms. The van der Waals surface area contributed by atoms with Crippen LogP contribution in [0.2, 0.25) is 0 Å². The molecule has 1 aromatic rings. The van der Waals surface area contributed by atoms with E-state index in [0.29, 0.717) is 12.1 Å². The summed E-state index contributed by atoms with van der Waals surface area (Å²) in [5, 5.41) is 3.55. The Hall–Kier alpha value is -0.540. The summed E-state index contributed by atoms with van der Waals surface area (Å²) in [4.78, 5) is 0. The minimum Gasteiger partial charge on any atom is -0.496 e. The Bertz CT molecular complexity index is 450. The van der Waals surface area contributed by atoms with Crippen LogP contribution in [0.25, 0.3) is 0 Å². The van der Waals surface area contributed by atoms with E-state index in [4.69, 9.17) is 4.74 Å². The number of halogens is 1. The van der Waals surface area contributed by atoms with Crippen LogP contribution >= 0.6 is 15.9 Å². The van der Waals surface area contributed by atoms with Gasteiger partial charge in [0.1, 0.15) is 5.75 Å². The van der Waals surface area contributed by atoms with Crippen LogP contribution in [-0.2, 0) is 0 Å². The third-order valence-corrected chi connectivity index (χ3v) is 5.03. The highest BCUT2D eigenvalue weighted by Crippen LogP contribution is 2.42. The molecule has 1 saturated heterocycles. The summed E-state index contributed by atoms with van der Waals surface area (Å²) in [5.74, 6) is 1.05.